The van der Waals surface area contributed by atoms with Gasteiger partial charge in [-0.2, -0.15) is 0 Å². The molecule has 40 heavy (non-hydrogen) atoms. The van der Waals surface area contributed by atoms with Crippen LogP contribution in [0.25, 0.3) is 0 Å². The minimum Gasteiger partial charge on any atom is -0.454 e. The molecule has 1 amide bonds. The zero-order valence-corrected chi connectivity index (χ0v) is 25.0. The Labute approximate surface area is 245 Å². The Morgan fingerprint density at radius 2 is 1.75 bits per heavy atom. The Balaban J connectivity index is 1.51. The molecule has 5 rings (SSSR count). The van der Waals surface area contributed by atoms with Gasteiger partial charge in [0.2, 0.25) is 12.9 Å². The maximum atomic E-state index is 14.0. The summed E-state index contributed by atoms with van der Waals surface area (Å²) in [6.07, 6.45) is -5.44. The van der Waals surface area contributed by atoms with Crippen LogP contribution in [0.5, 0.6) is 11.5 Å². The van der Waals surface area contributed by atoms with E-state index in [0.717, 1.165) is 11.1 Å². The maximum absolute atomic E-state index is 14.0. The van der Waals surface area contributed by atoms with Gasteiger partial charge in [-0.15, -0.1) is 0 Å². The third-order valence-corrected chi connectivity index (χ3v) is 8.77. The number of methoxy groups -OCH3 is 3. The highest BCUT2D eigenvalue weighted by molar-refractivity contribution is 14.1. The summed E-state index contributed by atoms with van der Waals surface area (Å²) < 4.78 is 47.0. The third kappa shape index (κ3) is 5.55. The third-order valence-electron chi connectivity index (χ3n) is 7.90. The number of nitrogens with zero attached hydrogens (tertiary/aromatic N) is 1. The van der Waals surface area contributed by atoms with Gasteiger partial charge in [-0.3, -0.25) is 14.4 Å². The molecule has 12 nitrogen and oxygen atoms in total. The highest BCUT2D eigenvalue weighted by atomic mass is 127. The predicted octanol–water partition coefficient (Wildman–Crippen LogP) is 1.73. The van der Waals surface area contributed by atoms with Gasteiger partial charge in [0.25, 0.3) is 5.91 Å². The van der Waals surface area contributed by atoms with Gasteiger partial charge in [-0.25, -0.2) is 0 Å². The van der Waals surface area contributed by atoms with Gasteiger partial charge in [0, 0.05) is 58.1 Å². The summed E-state index contributed by atoms with van der Waals surface area (Å²) in [6, 6.07) is 3.65. The van der Waals surface area contributed by atoms with Crippen molar-refractivity contribution >= 4 is 40.3 Å². The van der Waals surface area contributed by atoms with Gasteiger partial charge < -0.3 is 42.8 Å². The molecule has 8 atom stereocenters. The first-order chi connectivity index (χ1) is 19.3. The number of amides is 1. The van der Waals surface area contributed by atoms with Crippen LogP contribution in [-0.4, -0.2) is 105 Å². The van der Waals surface area contributed by atoms with E-state index in [9.17, 15) is 14.4 Å². The number of Topliss-reactive ketones (excluding diaryl/α,β-unsaturated/α-hetero) is 1. The molecule has 0 saturated carbocycles. The van der Waals surface area contributed by atoms with Crippen LogP contribution in [0.2, 0.25) is 0 Å². The number of esters is 1. The molecule has 0 aromatic heterocycles. The molecule has 2 bridgehead atoms. The quantitative estimate of drug-likeness (QED) is 0.238. The molecule has 4 aliphatic rings. The maximum Gasteiger partial charge on any atom is 0.303 e. The van der Waals surface area contributed by atoms with Gasteiger partial charge in [0.1, 0.15) is 30.2 Å². The molecule has 0 radical (unpaired) electrons. The van der Waals surface area contributed by atoms with Crippen molar-refractivity contribution in [2.75, 3.05) is 39.1 Å². The average Bonchev–Trinajstić information content (AvgIpc) is 3.32. The zero-order chi connectivity index (χ0) is 28.6. The van der Waals surface area contributed by atoms with Gasteiger partial charge in [0.15, 0.2) is 17.8 Å². The van der Waals surface area contributed by atoms with Gasteiger partial charge >= 0.3 is 5.97 Å². The lowest BCUT2D eigenvalue weighted by Crippen LogP contribution is -2.62. The van der Waals surface area contributed by atoms with E-state index in [1.165, 1.54) is 14.0 Å². The Bertz CT molecular complexity index is 1130. The Morgan fingerprint density at radius 3 is 2.40 bits per heavy atom. The lowest BCUT2D eigenvalue weighted by Gasteiger charge is -2.45. The molecule has 2 saturated heterocycles. The van der Waals surface area contributed by atoms with E-state index in [4.69, 9.17) is 37.9 Å². The Hall–Kier alpha value is -2.04. The van der Waals surface area contributed by atoms with Crippen molar-refractivity contribution in [3.05, 3.63) is 23.3 Å². The van der Waals surface area contributed by atoms with Crippen LogP contribution in [0.4, 0.5) is 0 Å². The highest BCUT2D eigenvalue weighted by Crippen LogP contribution is 2.42. The van der Waals surface area contributed by atoms with Crippen molar-refractivity contribution in [1.82, 2.24) is 4.90 Å². The summed E-state index contributed by atoms with van der Waals surface area (Å²) >= 11 is 2.18. The second kappa shape index (κ2) is 12.4. The first-order valence-electron chi connectivity index (χ1n) is 13.2. The van der Waals surface area contributed by atoms with E-state index in [1.54, 1.807) is 19.1 Å². The molecule has 0 aliphatic carbocycles. The second-order valence-corrected chi connectivity index (χ2v) is 11.1. The number of hydrogen-bond acceptors (Lipinski definition) is 11. The van der Waals surface area contributed by atoms with E-state index in [0.29, 0.717) is 28.9 Å². The standard InChI is InChI=1S/C27H34INO11/c1-13(30)38-23-20(39-27-25(35-4)24(34-3)22(33-2)21(10-28)40-27)9-17(31)15-5-6-29(26(23)32)11-14-7-18-19(8-16(14)15)37-12-36-18/h7-8,15,20-25,27H,5-6,9-12H2,1-4H3/t15-,20-,21-,22-,23+,24+,25-,27-/m1/s1. The molecule has 220 valence electrons. The number of alkyl halides is 1. The first kappa shape index (κ1) is 29.5. The smallest absolute Gasteiger partial charge is 0.303 e. The van der Waals surface area contributed by atoms with E-state index >= 15 is 0 Å². The van der Waals surface area contributed by atoms with E-state index in [-0.39, 0.29) is 25.5 Å². The van der Waals surface area contributed by atoms with Crippen molar-refractivity contribution in [2.45, 2.75) is 75.1 Å². The van der Waals surface area contributed by atoms with Crippen LogP contribution in [0, 0.1) is 0 Å². The highest BCUT2D eigenvalue weighted by Gasteiger charge is 2.50. The summed E-state index contributed by atoms with van der Waals surface area (Å²) in [6.45, 7) is 1.84. The number of halogens is 1. The normalized spacial score (nSPS) is 33.6. The van der Waals surface area contributed by atoms with E-state index in [2.05, 4.69) is 22.6 Å². The summed E-state index contributed by atoms with van der Waals surface area (Å²) in [5.41, 5.74) is 1.59. The second-order valence-electron chi connectivity index (χ2n) is 10.2. The average molecular weight is 675 g/mol. The molecular formula is C27H34INO11. The molecule has 2 fully saturated rings. The van der Waals surface area contributed by atoms with Gasteiger partial charge in [0.05, 0.1) is 6.10 Å². The molecule has 1 aromatic carbocycles. The van der Waals surface area contributed by atoms with E-state index < -0.39 is 60.7 Å². The van der Waals surface area contributed by atoms with Gasteiger partial charge in [-0.1, -0.05) is 22.6 Å². The van der Waals surface area contributed by atoms with Crippen LogP contribution >= 0.6 is 22.6 Å². The molecule has 1 aromatic rings. The van der Waals surface area contributed by atoms with Crippen molar-refractivity contribution in [1.29, 1.82) is 0 Å². The van der Waals surface area contributed by atoms with E-state index in [1.807, 2.05) is 12.1 Å². The minimum atomic E-state index is -1.36. The number of fused-ring (bicyclic) bond motifs is 6. The lowest BCUT2D eigenvalue weighted by molar-refractivity contribution is -0.318. The summed E-state index contributed by atoms with van der Waals surface area (Å²) in [4.78, 5) is 41.7. The molecule has 13 heteroatoms. The van der Waals surface area contributed by atoms with Crippen LogP contribution in [-0.2, 0) is 49.3 Å². The number of ketones is 1. The predicted molar refractivity (Wildman–Crippen MR) is 145 cm³/mol. The number of ether oxygens (including phenoxy) is 8. The number of hydrogen-bond donors (Lipinski definition) is 0. The Kier molecular flexibility index (Phi) is 9.17. The van der Waals surface area contributed by atoms with Crippen molar-refractivity contribution < 1.29 is 52.3 Å². The molecular weight excluding hydrogens is 641 g/mol. The fourth-order valence-corrected chi connectivity index (χ4v) is 6.71. The van der Waals surface area contributed by atoms with Crippen molar-refractivity contribution in [3.8, 4) is 11.5 Å². The molecule has 0 spiro atoms. The van der Waals surface area contributed by atoms with Crippen LogP contribution in [0.3, 0.4) is 0 Å². The number of rotatable bonds is 7. The number of carbonyl (C=O) groups excluding carboxylic acids is 3. The van der Waals surface area contributed by atoms with Crippen LogP contribution in [0.1, 0.15) is 36.8 Å². The summed E-state index contributed by atoms with van der Waals surface area (Å²) in [5.74, 6) is -0.633. The van der Waals surface area contributed by atoms with Crippen LogP contribution in [0.15, 0.2) is 12.1 Å². The molecule has 4 aliphatic heterocycles. The zero-order valence-electron chi connectivity index (χ0n) is 22.8. The van der Waals surface area contributed by atoms with Crippen molar-refractivity contribution in [2.24, 2.45) is 0 Å². The van der Waals surface area contributed by atoms with Gasteiger partial charge in [-0.05, 0) is 29.7 Å². The Morgan fingerprint density at radius 1 is 1.05 bits per heavy atom. The number of benzene rings is 1. The monoisotopic (exact) mass is 675 g/mol. The molecule has 0 N–H and O–H groups in total. The SMILES string of the molecule is CO[C@@H]1[C@@H](OC)[C@H](O[C@@H]2CC(=O)[C@@H]3CCN(Cc4cc5c(cc43)OCO5)C(=O)[C@H]2OC(C)=O)O[C@H](CI)[C@H]1OC. The molecule has 4 heterocycles. The number of carbonyl (C=O) groups is 3. The topological polar surface area (TPSA) is 128 Å². The first-order valence-corrected chi connectivity index (χ1v) is 14.7. The summed E-state index contributed by atoms with van der Waals surface area (Å²) in [5, 5.41) is 0. The lowest BCUT2D eigenvalue weighted by atomic mass is 9.86. The molecule has 0 unspecified atom stereocenters. The fraction of sp³-hybridized carbons (Fsp3) is 0.667. The fourth-order valence-electron chi connectivity index (χ4n) is 6.01. The largest absolute Gasteiger partial charge is 0.454 e. The minimum absolute atomic E-state index is 0.0938. The van der Waals surface area contributed by atoms with Crippen molar-refractivity contribution in [3.63, 3.8) is 0 Å². The van der Waals surface area contributed by atoms with Crippen LogP contribution < -0.4 is 9.47 Å². The summed E-state index contributed by atoms with van der Waals surface area (Å²) in [7, 11) is 4.60.